The van der Waals surface area contributed by atoms with Crippen LogP contribution in [-0.4, -0.2) is 46.2 Å². The Kier molecular flexibility index (Phi) is 5.85. The molecule has 1 fully saturated rings. The fourth-order valence-electron chi connectivity index (χ4n) is 3.56. The van der Waals surface area contributed by atoms with Crippen molar-refractivity contribution < 1.29 is 8.81 Å². The van der Waals surface area contributed by atoms with Gasteiger partial charge in [0.15, 0.2) is 0 Å². The van der Waals surface area contributed by atoms with Gasteiger partial charge in [-0.3, -0.25) is 9.80 Å². The van der Waals surface area contributed by atoms with Crippen LogP contribution >= 0.6 is 11.3 Å². The summed E-state index contributed by atoms with van der Waals surface area (Å²) in [5, 5.41) is 8.47. The smallest absolute Gasteiger partial charge is 0.257 e. The van der Waals surface area contributed by atoms with E-state index >= 15 is 0 Å². The Labute approximate surface area is 168 Å². The Balaban J connectivity index is 1.31. The van der Waals surface area contributed by atoms with E-state index in [-0.39, 0.29) is 5.82 Å². The number of nitrogens with zero attached hydrogens (tertiary/aromatic N) is 4. The molecule has 1 saturated heterocycles. The van der Waals surface area contributed by atoms with Crippen molar-refractivity contribution in [3.05, 3.63) is 58.0 Å². The van der Waals surface area contributed by atoms with Crippen LogP contribution in [-0.2, 0) is 19.5 Å². The number of hydrogen-bond donors (Lipinski definition) is 0. The highest BCUT2D eigenvalue weighted by Gasteiger charge is 2.20. The Morgan fingerprint density at radius 1 is 1.07 bits per heavy atom. The van der Waals surface area contributed by atoms with Crippen molar-refractivity contribution in [1.29, 1.82) is 0 Å². The first-order chi connectivity index (χ1) is 13.6. The van der Waals surface area contributed by atoms with E-state index < -0.39 is 0 Å². The van der Waals surface area contributed by atoms with Crippen molar-refractivity contribution in [2.75, 3.05) is 26.2 Å². The summed E-state index contributed by atoms with van der Waals surface area (Å²) in [6, 6.07) is 9.13. The van der Waals surface area contributed by atoms with Gasteiger partial charge in [-0.25, -0.2) is 4.39 Å². The highest BCUT2D eigenvalue weighted by Crippen LogP contribution is 2.30. The molecule has 1 aliphatic rings. The summed E-state index contributed by atoms with van der Waals surface area (Å²) in [5.41, 5.74) is 2.04. The van der Waals surface area contributed by atoms with E-state index in [1.807, 2.05) is 12.1 Å². The first kappa shape index (κ1) is 19.2. The Morgan fingerprint density at radius 2 is 1.79 bits per heavy atom. The number of halogens is 1. The number of benzene rings is 1. The van der Waals surface area contributed by atoms with Crippen molar-refractivity contribution in [2.45, 2.75) is 33.4 Å². The van der Waals surface area contributed by atoms with Crippen LogP contribution in [0.15, 0.2) is 34.7 Å². The SMILES string of the molecule is CCc1sc(-c2nnc(CN3CCN(Cc4ccccc4F)CC3)o2)cc1C. The molecule has 7 heteroatoms. The molecule has 3 heterocycles. The van der Waals surface area contributed by atoms with Crippen LogP contribution in [0.3, 0.4) is 0 Å². The lowest BCUT2D eigenvalue weighted by Gasteiger charge is -2.33. The van der Waals surface area contributed by atoms with E-state index in [0.717, 1.165) is 43.0 Å². The van der Waals surface area contributed by atoms with Crippen LogP contribution in [0, 0.1) is 12.7 Å². The lowest BCUT2D eigenvalue weighted by atomic mass is 10.2. The molecule has 0 N–H and O–H groups in total. The van der Waals surface area contributed by atoms with Gasteiger partial charge in [-0.15, -0.1) is 21.5 Å². The fraction of sp³-hybridized carbons (Fsp3) is 0.429. The van der Waals surface area contributed by atoms with Gasteiger partial charge in [0.25, 0.3) is 5.89 Å². The highest BCUT2D eigenvalue weighted by atomic mass is 32.1. The second kappa shape index (κ2) is 8.51. The van der Waals surface area contributed by atoms with E-state index in [1.165, 1.54) is 16.5 Å². The molecule has 3 aromatic rings. The minimum Gasteiger partial charge on any atom is -0.419 e. The number of aryl methyl sites for hydroxylation is 2. The Morgan fingerprint density at radius 3 is 2.46 bits per heavy atom. The molecule has 0 amide bonds. The van der Waals surface area contributed by atoms with E-state index in [1.54, 1.807) is 17.4 Å². The molecule has 0 unspecified atom stereocenters. The summed E-state index contributed by atoms with van der Waals surface area (Å²) in [5.74, 6) is 1.14. The van der Waals surface area contributed by atoms with Gasteiger partial charge in [0.1, 0.15) is 5.82 Å². The van der Waals surface area contributed by atoms with Crippen LogP contribution in [0.1, 0.15) is 28.8 Å². The largest absolute Gasteiger partial charge is 0.419 e. The topological polar surface area (TPSA) is 45.4 Å². The first-order valence-corrected chi connectivity index (χ1v) is 10.5. The molecule has 148 valence electrons. The summed E-state index contributed by atoms with van der Waals surface area (Å²) in [7, 11) is 0. The third kappa shape index (κ3) is 4.32. The zero-order valence-electron chi connectivity index (χ0n) is 16.3. The molecule has 0 atom stereocenters. The van der Waals surface area contributed by atoms with Crippen molar-refractivity contribution in [3.8, 4) is 10.8 Å². The molecule has 1 aliphatic heterocycles. The molecular weight excluding hydrogens is 375 g/mol. The van der Waals surface area contributed by atoms with Gasteiger partial charge < -0.3 is 4.42 Å². The third-order valence-electron chi connectivity index (χ3n) is 5.19. The van der Waals surface area contributed by atoms with Crippen molar-refractivity contribution in [3.63, 3.8) is 0 Å². The molecule has 0 bridgehead atoms. The van der Waals surface area contributed by atoms with Gasteiger partial charge in [-0.1, -0.05) is 25.1 Å². The lowest BCUT2D eigenvalue weighted by Crippen LogP contribution is -2.45. The average Bonchev–Trinajstić information content (AvgIpc) is 3.31. The standard InChI is InChI=1S/C21H25FN4OS/c1-3-18-15(2)12-19(28-18)21-24-23-20(27-21)14-26-10-8-25(9-11-26)13-16-6-4-5-7-17(16)22/h4-7,12H,3,8-11,13-14H2,1-2H3. The molecule has 0 aliphatic carbocycles. The molecule has 28 heavy (non-hydrogen) atoms. The lowest BCUT2D eigenvalue weighted by molar-refractivity contribution is 0.114. The summed E-state index contributed by atoms with van der Waals surface area (Å²) < 4.78 is 19.7. The maximum atomic E-state index is 13.8. The number of piperazine rings is 1. The maximum Gasteiger partial charge on any atom is 0.257 e. The molecule has 0 spiro atoms. The molecular formula is C21H25FN4OS. The second-order valence-electron chi connectivity index (χ2n) is 7.22. The molecule has 4 rings (SSSR count). The summed E-state index contributed by atoms with van der Waals surface area (Å²) in [6.45, 7) is 9.21. The van der Waals surface area contributed by atoms with Gasteiger partial charge in [0, 0.05) is 43.2 Å². The van der Waals surface area contributed by atoms with Gasteiger partial charge in [-0.05, 0) is 31.0 Å². The van der Waals surface area contributed by atoms with Crippen LogP contribution in [0.5, 0.6) is 0 Å². The minimum atomic E-state index is -0.127. The van der Waals surface area contributed by atoms with E-state index in [9.17, 15) is 4.39 Å². The first-order valence-electron chi connectivity index (χ1n) is 9.72. The van der Waals surface area contributed by atoms with Crippen molar-refractivity contribution in [2.24, 2.45) is 0 Å². The molecule has 0 saturated carbocycles. The quantitative estimate of drug-likeness (QED) is 0.623. The normalized spacial score (nSPS) is 16.0. The van der Waals surface area contributed by atoms with Crippen molar-refractivity contribution >= 4 is 11.3 Å². The molecule has 5 nitrogen and oxygen atoms in total. The van der Waals surface area contributed by atoms with Crippen molar-refractivity contribution in [1.82, 2.24) is 20.0 Å². The number of aromatic nitrogens is 2. The summed E-state index contributed by atoms with van der Waals surface area (Å²) >= 11 is 1.73. The fourth-order valence-corrected chi connectivity index (χ4v) is 4.59. The number of hydrogen-bond acceptors (Lipinski definition) is 6. The Hall–Kier alpha value is -2.09. The van der Waals surface area contributed by atoms with Crippen LogP contribution in [0.4, 0.5) is 4.39 Å². The minimum absolute atomic E-state index is 0.127. The molecule has 0 radical (unpaired) electrons. The predicted octanol–water partition coefficient (Wildman–Crippen LogP) is 4.13. The molecule has 1 aromatic carbocycles. The van der Waals surface area contributed by atoms with Gasteiger partial charge in [-0.2, -0.15) is 0 Å². The third-order valence-corrected chi connectivity index (χ3v) is 6.56. The Bertz CT molecular complexity index is 930. The van der Waals surface area contributed by atoms with Crippen LogP contribution < -0.4 is 0 Å². The van der Waals surface area contributed by atoms with E-state index in [0.29, 0.717) is 24.9 Å². The van der Waals surface area contributed by atoms with Gasteiger partial charge >= 0.3 is 0 Å². The average molecular weight is 401 g/mol. The number of rotatable bonds is 6. The van der Waals surface area contributed by atoms with Crippen LogP contribution in [0.2, 0.25) is 0 Å². The van der Waals surface area contributed by atoms with Crippen LogP contribution in [0.25, 0.3) is 10.8 Å². The highest BCUT2D eigenvalue weighted by molar-refractivity contribution is 7.15. The number of thiophene rings is 1. The zero-order chi connectivity index (χ0) is 19.5. The molecule has 2 aromatic heterocycles. The van der Waals surface area contributed by atoms with E-state index in [2.05, 4.69) is 39.9 Å². The second-order valence-corrected chi connectivity index (χ2v) is 8.35. The maximum absolute atomic E-state index is 13.8. The monoisotopic (exact) mass is 400 g/mol. The predicted molar refractivity (Wildman–Crippen MR) is 109 cm³/mol. The summed E-state index contributed by atoms with van der Waals surface area (Å²) in [4.78, 5) is 7.00. The van der Waals surface area contributed by atoms with Gasteiger partial charge in [0.2, 0.25) is 5.89 Å². The van der Waals surface area contributed by atoms with Gasteiger partial charge in [0.05, 0.1) is 11.4 Å². The summed E-state index contributed by atoms with van der Waals surface area (Å²) in [6.07, 6.45) is 1.02. The zero-order valence-corrected chi connectivity index (χ0v) is 17.1. The van der Waals surface area contributed by atoms with E-state index in [4.69, 9.17) is 4.42 Å².